The van der Waals surface area contributed by atoms with E-state index in [2.05, 4.69) is 46.4 Å². The second-order valence-electron chi connectivity index (χ2n) is 9.46. The largest absolute Gasteiger partial charge is 0.494 e. The van der Waals surface area contributed by atoms with Gasteiger partial charge < -0.3 is 9.72 Å². The maximum Gasteiger partial charge on any atom is 0.389 e. The van der Waals surface area contributed by atoms with E-state index in [9.17, 15) is 18.0 Å². The summed E-state index contributed by atoms with van der Waals surface area (Å²) in [6.45, 7) is 6.34. The first-order chi connectivity index (χ1) is 17.0. The Bertz CT molecular complexity index is 1360. The number of aromatic nitrogens is 5. The van der Waals surface area contributed by atoms with E-state index < -0.39 is 12.6 Å². The van der Waals surface area contributed by atoms with Crippen molar-refractivity contribution in [3.8, 4) is 39.5 Å². The number of halogens is 3. The van der Waals surface area contributed by atoms with E-state index in [1.807, 2.05) is 30.3 Å². The quantitative estimate of drug-likeness (QED) is 0.310. The molecule has 0 aliphatic heterocycles. The zero-order chi connectivity index (χ0) is 25.9. The average molecular weight is 498 g/mol. The zero-order valence-electron chi connectivity index (χ0n) is 20.1. The highest BCUT2D eigenvalue weighted by atomic mass is 19.4. The third-order valence-corrected chi connectivity index (χ3v) is 5.70. The molecule has 7 nitrogen and oxygen atoms in total. The topological polar surface area (TPSA) is 96.5 Å². The van der Waals surface area contributed by atoms with Crippen molar-refractivity contribution in [1.82, 2.24) is 25.6 Å². The first kappa shape index (κ1) is 25.2. The second kappa shape index (κ2) is 9.96. The van der Waals surface area contributed by atoms with Crippen molar-refractivity contribution in [2.75, 3.05) is 6.61 Å². The lowest BCUT2D eigenvalue weighted by Crippen LogP contribution is -2.13. The van der Waals surface area contributed by atoms with Gasteiger partial charge in [-0.3, -0.25) is 4.79 Å². The molecule has 0 radical (unpaired) electrons. The Kier molecular flexibility index (Phi) is 6.96. The number of hydrogen-bond acceptors (Lipinski definition) is 5. The molecule has 2 aromatic heterocycles. The fourth-order valence-corrected chi connectivity index (χ4v) is 3.78. The highest BCUT2D eigenvalue weighted by molar-refractivity contribution is 5.83. The number of alkyl halides is 3. The standard InChI is InChI=1S/C26H26F3N5O2/c1-25(2,3)18-9-5-16(6-10-18)20-15-21(30-24(35)22(20)23-31-33-34-32-23)17-7-11-19(12-8-17)36-14-4-13-26(27,28)29/h5-12,15H,4,13-14H2,1-3H3,(H,30,35)(H,31,32,33,34). The van der Waals surface area contributed by atoms with Crippen molar-refractivity contribution in [2.24, 2.45) is 0 Å². The lowest BCUT2D eigenvalue weighted by molar-refractivity contribution is -0.136. The molecule has 0 amide bonds. The summed E-state index contributed by atoms with van der Waals surface area (Å²) in [4.78, 5) is 16.0. The van der Waals surface area contributed by atoms with Crippen molar-refractivity contribution in [3.63, 3.8) is 0 Å². The van der Waals surface area contributed by atoms with Crippen LogP contribution in [0.2, 0.25) is 0 Å². The minimum absolute atomic E-state index is 0.0229. The van der Waals surface area contributed by atoms with Crippen LogP contribution in [-0.4, -0.2) is 38.4 Å². The maximum atomic E-state index is 13.2. The van der Waals surface area contributed by atoms with Gasteiger partial charge >= 0.3 is 6.18 Å². The maximum absolute atomic E-state index is 13.2. The van der Waals surface area contributed by atoms with Crippen LogP contribution in [0.1, 0.15) is 39.2 Å². The molecular weight excluding hydrogens is 471 g/mol. The summed E-state index contributed by atoms with van der Waals surface area (Å²) in [7, 11) is 0. The van der Waals surface area contributed by atoms with E-state index >= 15 is 0 Å². The van der Waals surface area contributed by atoms with Crippen LogP contribution in [0.3, 0.4) is 0 Å². The molecule has 0 aliphatic carbocycles. The number of pyridine rings is 1. The Balaban J connectivity index is 1.66. The van der Waals surface area contributed by atoms with Crippen LogP contribution in [0.4, 0.5) is 13.2 Å². The van der Waals surface area contributed by atoms with Gasteiger partial charge in [0.1, 0.15) is 5.75 Å². The van der Waals surface area contributed by atoms with Gasteiger partial charge in [-0.25, -0.2) is 0 Å². The lowest BCUT2D eigenvalue weighted by atomic mass is 9.86. The molecule has 2 aromatic carbocycles. The highest BCUT2D eigenvalue weighted by Gasteiger charge is 2.26. The Hall–Kier alpha value is -3.95. The van der Waals surface area contributed by atoms with E-state index in [0.29, 0.717) is 28.1 Å². The SMILES string of the molecule is CC(C)(C)c1ccc(-c2cc(-c3ccc(OCCCC(F)(F)F)cc3)[nH]c(=O)c2-c2nn[nH]n2)cc1. The minimum atomic E-state index is -4.20. The van der Waals surface area contributed by atoms with Crippen molar-refractivity contribution < 1.29 is 17.9 Å². The molecule has 0 saturated heterocycles. The van der Waals surface area contributed by atoms with Crippen LogP contribution in [0.5, 0.6) is 5.75 Å². The Labute approximate surface area is 205 Å². The molecule has 0 aliphatic rings. The van der Waals surface area contributed by atoms with Gasteiger partial charge in [0.05, 0.1) is 12.2 Å². The van der Waals surface area contributed by atoms with Gasteiger partial charge in [0.2, 0.25) is 5.82 Å². The van der Waals surface area contributed by atoms with Gasteiger partial charge in [0, 0.05) is 17.7 Å². The van der Waals surface area contributed by atoms with Crippen LogP contribution in [0, 0.1) is 0 Å². The van der Waals surface area contributed by atoms with Crippen molar-refractivity contribution in [1.29, 1.82) is 0 Å². The van der Waals surface area contributed by atoms with Crippen LogP contribution in [0.25, 0.3) is 33.8 Å². The van der Waals surface area contributed by atoms with Gasteiger partial charge in [-0.1, -0.05) is 45.0 Å². The van der Waals surface area contributed by atoms with Crippen LogP contribution in [-0.2, 0) is 5.41 Å². The van der Waals surface area contributed by atoms with E-state index in [1.165, 1.54) is 0 Å². The fourth-order valence-electron chi connectivity index (χ4n) is 3.78. The van der Waals surface area contributed by atoms with Gasteiger partial charge in [-0.15, -0.1) is 10.2 Å². The van der Waals surface area contributed by atoms with Gasteiger partial charge in [-0.05, 0) is 64.1 Å². The third-order valence-electron chi connectivity index (χ3n) is 5.70. The summed E-state index contributed by atoms with van der Waals surface area (Å²) in [6, 6.07) is 16.6. The summed E-state index contributed by atoms with van der Waals surface area (Å²) >= 11 is 0. The molecule has 4 rings (SSSR count). The molecule has 0 unspecified atom stereocenters. The van der Waals surface area contributed by atoms with E-state index in [4.69, 9.17) is 4.74 Å². The van der Waals surface area contributed by atoms with E-state index in [1.54, 1.807) is 24.3 Å². The molecule has 0 bridgehead atoms. The summed E-state index contributed by atoms with van der Waals surface area (Å²) in [5.41, 5.74) is 3.78. The molecule has 0 saturated carbocycles. The van der Waals surface area contributed by atoms with E-state index in [0.717, 1.165) is 11.1 Å². The molecule has 0 spiro atoms. The number of H-pyrrole nitrogens is 2. The Morgan fingerprint density at radius 3 is 2.19 bits per heavy atom. The van der Waals surface area contributed by atoms with Crippen molar-refractivity contribution >= 4 is 0 Å². The molecule has 0 fully saturated rings. The number of nitrogens with zero attached hydrogens (tertiary/aromatic N) is 3. The normalized spacial score (nSPS) is 12.1. The zero-order valence-corrected chi connectivity index (χ0v) is 20.1. The van der Waals surface area contributed by atoms with Crippen LogP contribution < -0.4 is 10.3 Å². The van der Waals surface area contributed by atoms with Crippen LogP contribution in [0.15, 0.2) is 59.4 Å². The monoisotopic (exact) mass is 497 g/mol. The van der Waals surface area contributed by atoms with E-state index in [-0.39, 0.29) is 29.8 Å². The average Bonchev–Trinajstić information content (AvgIpc) is 3.35. The molecule has 2 N–H and O–H groups in total. The molecule has 0 atom stereocenters. The smallest absolute Gasteiger partial charge is 0.389 e. The lowest BCUT2D eigenvalue weighted by Gasteiger charge is -2.19. The molecule has 36 heavy (non-hydrogen) atoms. The van der Waals surface area contributed by atoms with Crippen molar-refractivity contribution in [2.45, 2.75) is 45.2 Å². The second-order valence-corrected chi connectivity index (χ2v) is 9.46. The molecule has 188 valence electrons. The first-order valence-electron chi connectivity index (χ1n) is 11.4. The predicted molar refractivity (Wildman–Crippen MR) is 131 cm³/mol. The first-order valence-corrected chi connectivity index (χ1v) is 11.4. The number of nitrogens with one attached hydrogen (secondary N) is 2. The number of tetrazole rings is 1. The van der Waals surface area contributed by atoms with Gasteiger partial charge in [0.15, 0.2) is 0 Å². The molecule has 4 aromatic rings. The number of aromatic amines is 2. The number of hydrogen-bond donors (Lipinski definition) is 2. The number of rotatable bonds is 7. The minimum Gasteiger partial charge on any atom is -0.494 e. The molecular formula is C26H26F3N5O2. The summed E-state index contributed by atoms with van der Waals surface area (Å²) in [5.74, 6) is 0.630. The predicted octanol–water partition coefficient (Wildman–Crippen LogP) is 5.91. The summed E-state index contributed by atoms with van der Waals surface area (Å²) in [6.07, 6.45) is -5.20. The molecule has 10 heteroatoms. The highest BCUT2D eigenvalue weighted by Crippen LogP contribution is 2.33. The third kappa shape index (κ3) is 5.99. The van der Waals surface area contributed by atoms with Crippen molar-refractivity contribution in [3.05, 3.63) is 70.5 Å². The van der Waals surface area contributed by atoms with Gasteiger partial charge in [-0.2, -0.15) is 18.4 Å². The summed E-state index contributed by atoms with van der Waals surface area (Å²) in [5, 5.41) is 14.0. The summed E-state index contributed by atoms with van der Waals surface area (Å²) < 4.78 is 42.3. The number of ether oxygens (including phenoxy) is 1. The van der Waals surface area contributed by atoms with Gasteiger partial charge in [0.25, 0.3) is 5.56 Å². The Morgan fingerprint density at radius 1 is 0.944 bits per heavy atom. The number of benzene rings is 2. The fraction of sp³-hybridized carbons (Fsp3) is 0.308. The Morgan fingerprint density at radius 2 is 1.61 bits per heavy atom. The molecule has 2 heterocycles. The van der Waals surface area contributed by atoms with Crippen LogP contribution >= 0.6 is 0 Å².